The molecule has 1 N–H and O–H groups in total. The fourth-order valence-corrected chi connectivity index (χ4v) is 7.88. The summed E-state index contributed by atoms with van der Waals surface area (Å²) in [6.07, 6.45) is 6.19. The van der Waals surface area contributed by atoms with Gasteiger partial charge < -0.3 is 9.88 Å². The number of nitrogens with zero attached hydrogens (tertiary/aromatic N) is 3. The number of aryl methyl sites for hydroxylation is 1. The highest BCUT2D eigenvalue weighted by atomic mass is 127. The van der Waals surface area contributed by atoms with Crippen molar-refractivity contribution in [3.05, 3.63) is 28.7 Å². The lowest BCUT2D eigenvalue weighted by atomic mass is 9.95. The average molecular weight is 708 g/mol. The molecular weight excluding hydrogens is 689 g/mol. The predicted molar refractivity (Wildman–Crippen MR) is 131 cm³/mol. The zero-order valence-corrected chi connectivity index (χ0v) is 21.6. The van der Waals surface area contributed by atoms with Crippen LogP contribution in [0.1, 0.15) is 44.0 Å². The van der Waals surface area contributed by atoms with Gasteiger partial charge in [-0.3, -0.25) is 4.79 Å². The van der Waals surface area contributed by atoms with Gasteiger partial charge in [-0.05, 0) is 99.7 Å². The summed E-state index contributed by atoms with van der Waals surface area (Å²) in [5.41, 5.74) is 0.891. The quantitative estimate of drug-likeness (QED) is 0.323. The minimum absolute atomic E-state index is 0.0112. The van der Waals surface area contributed by atoms with E-state index >= 15 is 0 Å². The van der Waals surface area contributed by atoms with E-state index in [2.05, 4.69) is 100.0 Å². The molecule has 1 aromatic heterocycles. The molecule has 1 fully saturated rings. The Balaban J connectivity index is 1.65. The predicted octanol–water partition coefficient (Wildman–Crippen LogP) is 5.64. The van der Waals surface area contributed by atoms with Crippen LogP contribution in [0.15, 0.2) is 17.3 Å². The van der Waals surface area contributed by atoms with Crippen molar-refractivity contribution in [3.63, 3.8) is 0 Å². The van der Waals surface area contributed by atoms with Crippen LogP contribution in [-0.4, -0.2) is 26.4 Å². The second-order valence-electron chi connectivity index (χ2n) is 6.27. The van der Waals surface area contributed by atoms with E-state index in [-0.39, 0.29) is 5.91 Å². The van der Waals surface area contributed by atoms with Crippen molar-refractivity contribution in [2.75, 3.05) is 11.1 Å². The standard InChI is InChI=1S/C17H19I3N4OS/c1-10-22-23-17(24(10)12-5-3-2-4-6-12)26-9-15(25)21-16-13(19)7-11(18)8-14(16)20/h7-8,12H,2-6,9H2,1H3,(H,21,25). The van der Waals surface area contributed by atoms with Gasteiger partial charge in [-0.15, -0.1) is 10.2 Å². The molecule has 0 unspecified atom stereocenters. The summed E-state index contributed by atoms with van der Waals surface area (Å²) in [5.74, 6) is 1.27. The average Bonchev–Trinajstić information content (AvgIpc) is 2.97. The summed E-state index contributed by atoms with van der Waals surface area (Å²) >= 11 is 8.29. The van der Waals surface area contributed by atoms with Crippen molar-refractivity contribution in [2.45, 2.75) is 50.2 Å². The molecule has 0 saturated heterocycles. The molecule has 1 aliphatic rings. The summed E-state index contributed by atoms with van der Waals surface area (Å²) in [6.45, 7) is 2.00. The van der Waals surface area contributed by atoms with Gasteiger partial charge in [-0.1, -0.05) is 31.0 Å². The molecule has 1 aliphatic carbocycles. The number of aromatic nitrogens is 3. The van der Waals surface area contributed by atoms with Crippen LogP contribution >= 0.6 is 79.5 Å². The summed E-state index contributed by atoms with van der Waals surface area (Å²) in [7, 11) is 0. The van der Waals surface area contributed by atoms with Crippen molar-refractivity contribution in [2.24, 2.45) is 0 Å². The fraction of sp³-hybridized carbons (Fsp3) is 0.471. The highest BCUT2D eigenvalue weighted by Crippen LogP contribution is 2.33. The third-order valence-corrected chi connectivity index (χ3v) is 7.65. The summed E-state index contributed by atoms with van der Waals surface area (Å²) in [5, 5.41) is 12.5. The molecule has 5 nitrogen and oxygen atoms in total. The second kappa shape index (κ2) is 9.72. The van der Waals surface area contributed by atoms with Gasteiger partial charge in [0, 0.05) is 16.8 Å². The normalized spacial score (nSPS) is 15.2. The maximum absolute atomic E-state index is 12.5. The second-order valence-corrected chi connectivity index (χ2v) is 10.8. The number of carbonyl (C=O) groups is 1. The third kappa shape index (κ3) is 5.25. The number of nitrogens with one attached hydrogen (secondary N) is 1. The molecule has 0 spiro atoms. The molecule has 0 aliphatic heterocycles. The van der Waals surface area contributed by atoms with Crippen LogP contribution in [0.4, 0.5) is 5.69 Å². The van der Waals surface area contributed by atoms with E-state index in [1.54, 1.807) is 0 Å². The van der Waals surface area contributed by atoms with Crippen LogP contribution in [0.25, 0.3) is 0 Å². The smallest absolute Gasteiger partial charge is 0.234 e. The summed E-state index contributed by atoms with van der Waals surface area (Å²) in [6, 6.07) is 4.60. The van der Waals surface area contributed by atoms with Crippen LogP contribution in [0.5, 0.6) is 0 Å². The van der Waals surface area contributed by atoms with Crippen LogP contribution in [0.3, 0.4) is 0 Å². The lowest BCUT2D eigenvalue weighted by Gasteiger charge is -2.24. The third-order valence-electron chi connectivity index (χ3n) is 4.38. The largest absolute Gasteiger partial charge is 0.324 e. The van der Waals surface area contributed by atoms with Gasteiger partial charge in [0.2, 0.25) is 5.91 Å². The number of halogens is 3. The molecule has 26 heavy (non-hydrogen) atoms. The number of hydrogen-bond donors (Lipinski definition) is 1. The van der Waals surface area contributed by atoms with E-state index in [9.17, 15) is 4.79 Å². The molecule has 9 heteroatoms. The van der Waals surface area contributed by atoms with Crippen molar-refractivity contribution in [1.82, 2.24) is 14.8 Å². The number of benzene rings is 1. The summed E-state index contributed by atoms with van der Waals surface area (Å²) in [4.78, 5) is 12.5. The number of amides is 1. The van der Waals surface area contributed by atoms with Crippen molar-refractivity contribution >= 4 is 91.1 Å². The highest BCUT2D eigenvalue weighted by molar-refractivity contribution is 14.1. The Hall–Kier alpha value is 0.370. The minimum atomic E-state index is -0.0112. The Morgan fingerprint density at radius 1 is 1.19 bits per heavy atom. The van der Waals surface area contributed by atoms with Crippen LogP contribution in [-0.2, 0) is 4.79 Å². The van der Waals surface area contributed by atoms with Gasteiger partial charge in [0.25, 0.3) is 0 Å². The molecule has 0 atom stereocenters. The Kier molecular flexibility index (Phi) is 7.88. The summed E-state index contributed by atoms with van der Waals surface area (Å²) < 4.78 is 5.51. The van der Waals surface area contributed by atoms with Gasteiger partial charge in [0.1, 0.15) is 5.82 Å². The van der Waals surface area contributed by atoms with E-state index in [0.717, 1.165) is 23.8 Å². The molecular formula is C17H19I3N4OS. The lowest BCUT2D eigenvalue weighted by molar-refractivity contribution is -0.113. The Morgan fingerprint density at radius 3 is 2.50 bits per heavy atom. The van der Waals surface area contributed by atoms with Crippen LogP contribution in [0, 0.1) is 17.6 Å². The van der Waals surface area contributed by atoms with Gasteiger partial charge >= 0.3 is 0 Å². The first kappa shape index (κ1) is 21.1. The molecule has 0 radical (unpaired) electrons. The van der Waals surface area contributed by atoms with Crippen molar-refractivity contribution < 1.29 is 4.79 Å². The van der Waals surface area contributed by atoms with Crippen LogP contribution in [0.2, 0.25) is 0 Å². The van der Waals surface area contributed by atoms with Gasteiger partial charge in [0.05, 0.1) is 11.4 Å². The zero-order chi connectivity index (χ0) is 18.7. The number of anilines is 1. The molecule has 1 saturated carbocycles. The Bertz CT molecular complexity index is 782. The van der Waals surface area contributed by atoms with E-state index in [1.165, 1.54) is 47.4 Å². The van der Waals surface area contributed by atoms with Crippen LogP contribution < -0.4 is 5.32 Å². The van der Waals surface area contributed by atoms with E-state index in [1.807, 2.05) is 6.92 Å². The molecule has 1 heterocycles. The molecule has 3 rings (SSSR count). The van der Waals surface area contributed by atoms with Gasteiger partial charge in [-0.2, -0.15) is 0 Å². The van der Waals surface area contributed by atoms with E-state index in [4.69, 9.17) is 0 Å². The van der Waals surface area contributed by atoms with Gasteiger partial charge in [-0.25, -0.2) is 0 Å². The van der Waals surface area contributed by atoms with E-state index in [0.29, 0.717) is 11.8 Å². The fourth-order valence-electron chi connectivity index (χ4n) is 3.18. The minimum Gasteiger partial charge on any atom is -0.324 e. The van der Waals surface area contributed by atoms with Crippen molar-refractivity contribution in [1.29, 1.82) is 0 Å². The van der Waals surface area contributed by atoms with Crippen molar-refractivity contribution in [3.8, 4) is 0 Å². The molecule has 1 aromatic carbocycles. The lowest BCUT2D eigenvalue weighted by Crippen LogP contribution is -2.18. The maximum Gasteiger partial charge on any atom is 0.234 e. The SMILES string of the molecule is Cc1nnc(SCC(=O)Nc2c(I)cc(I)cc2I)n1C1CCCCC1. The number of carbonyl (C=O) groups excluding carboxylic acids is 1. The monoisotopic (exact) mass is 708 g/mol. The maximum atomic E-state index is 12.5. The molecule has 2 aromatic rings. The topological polar surface area (TPSA) is 59.8 Å². The number of rotatable bonds is 5. The first-order chi connectivity index (χ1) is 12.5. The molecule has 0 bridgehead atoms. The molecule has 140 valence electrons. The first-order valence-corrected chi connectivity index (χ1v) is 12.7. The van der Waals surface area contributed by atoms with E-state index < -0.39 is 0 Å². The Labute approximate surface area is 198 Å². The molecule has 1 amide bonds. The van der Waals surface area contributed by atoms with Gasteiger partial charge in [0.15, 0.2) is 5.16 Å². The Morgan fingerprint density at radius 2 is 1.85 bits per heavy atom. The zero-order valence-electron chi connectivity index (χ0n) is 14.3. The first-order valence-electron chi connectivity index (χ1n) is 8.44. The number of hydrogen-bond acceptors (Lipinski definition) is 4. The highest BCUT2D eigenvalue weighted by Gasteiger charge is 2.22. The number of thioether (sulfide) groups is 1.